The van der Waals surface area contributed by atoms with Crippen LogP contribution in [0.4, 0.5) is 5.95 Å². The number of hydrogen-bond donors (Lipinski definition) is 5. The minimum atomic E-state index is -0.630. The highest BCUT2D eigenvalue weighted by molar-refractivity contribution is 5.85. The Bertz CT molecular complexity index is 1120. The number of hydrazone groups is 1. The highest BCUT2D eigenvalue weighted by Gasteiger charge is 2.13. The molecular weight excluding hydrogens is 350 g/mol. The maximum absolute atomic E-state index is 12.1. The fourth-order valence-corrected chi connectivity index (χ4v) is 2.28. The van der Waals surface area contributed by atoms with Crippen LogP contribution in [0, 0.1) is 11.3 Å². The SMILES string of the molecule is N#Cc1c(-c2ccccc2)nc(NN=Cc2cc(O)c(O)cc2O)[nH]c1=O. The zero-order valence-corrected chi connectivity index (χ0v) is 13.7. The molecule has 0 fully saturated rings. The molecule has 0 bridgehead atoms. The van der Waals surface area contributed by atoms with E-state index < -0.39 is 17.1 Å². The number of aromatic nitrogens is 2. The first kappa shape index (κ1) is 17.5. The maximum atomic E-state index is 12.1. The third-order valence-corrected chi connectivity index (χ3v) is 3.58. The van der Waals surface area contributed by atoms with Gasteiger partial charge in [0.1, 0.15) is 17.4 Å². The molecule has 3 aromatic rings. The molecule has 27 heavy (non-hydrogen) atoms. The summed E-state index contributed by atoms with van der Waals surface area (Å²) in [5.74, 6) is -1.22. The van der Waals surface area contributed by atoms with Crippen molar-refractivity contribution >= 4 is 12.2 Å². The standard InChI is InChI=1S/C18H13N5O4/c19-8-12-16(10-4-2-1-3-5-10)21-18(22-17(12)27)23-20-9-11-6-14(25)15(26)7-13(11)24/h1-7,9,24-26H,(H2,21,22,23,27). The fourth-order valence-electron chi connectivity index (χ4n) is 2.28. The van der Waals surface area contributed by atoms with Crippen LogP contribution in [0.5, 0.6) is 17.2 Å². The number of anilines is 1. The highest BCUT2D eigenvalue weighted by atomic mass is 16.3. The van der Waals surface area contributed by atoms with Crippen LogP contribution in [0.3, 0.4) is 0 Å². The second-order valence-corrected chi connectivity index (χ2v) is 5.39. The molecule has 1 heterocycles. The number of benzene rings is 2. The summed E-state index contributed by atoms with van der Waals surface area (Å²) >= 11 is 0. The maximum Gasteiger partial charge on any atom is 0.270 e. The Morgan fingerprint density at radius 1 is 1.11 bits per heavy atom. The summed E-state index contributed by atoms with van der Waals surface area (Å²) in [7, 11) is 0. The number of phenolic OH excluding ortho intramolecular Hbond substituents is 3. The first-order valence-electron chi connectivity index (χ1n) is 7.63. The molecule has 0 aliphatic rings. The Morgan fingerprint density at radius 2 is 1.81 bits per heavy atom. The smallest absolute Gasteiger partial charge is 0.270 e. The molecule has 9 nitrogen and oxygen atoms in total. The zero-order valence-electron chi connectivity index (χ0n) is 13.7. The van der Waals surface area contributed by atoms with Gasteiger partial charge in [-0.15, -0.1) is 0 Å². The number of nitriles is 1. The molecule has 0 radical (unpaired) electrons. The van der Waals surface area contributed by atoms with E-state index in [0.29, 0.717) is 5.56 Å². The molecule has 1 aromatic heterocycles. The van der Waals surface area contributed by atoms with Gasteiger partial charge in [0.2, 0.25) is 5.95 Å². The lowest BCUT2D eigenvalue weighted by atomic mass is 10.1. The monoisotopic (exact) mass is 363 g/mol. The number of rotatable bonds is 4. The van der Waals surface area contributed by atoms with Crippen LogP contribution < -0.4 is 11.0 Å². The summed E-state index contributed by atoms with van der Waals surface area (Å²) in [6.45, 7) is 0. The number of hydrogen-bond acceptors (Lipinski definition) is 8. The van der Waals surface area contributed by atoms with Gasteiger partial charge in [-0.3, -0.25) is 9.78 Å². The molecule has 0 atom stereocenters. The van der Waals surface area contributed by atoms with Gasteiger partial charge in [-0.25, -0.2) is 10.4 Å². The largest absolute Gasteiger partial charge is 0.507 e. The number of nitrogens with one attached hydrogen (secondary N) is 2. The van der Waals surface area contributed by atoms with Crippen molar-refractivity contribution in [2.24, 2.45) is 5.10 Å². The van der Waals surface area contributed by atoms with E-state index in [-0.39, 0.29) is 28.5 Å². The molecule has 5 N–H and O–H groups in total. The molecule has 3 rings (SSSR count). The van der Waals surface area contributed by atoms with Crippen molar-refractivity contribution in [2.75, 3.05) is 5.43 Å². The molecule has 0 saturated heterocycles. The van der Waals surface area contributed by atoms with Crippen LogP contribution in [0.2, 0.25) is 0 Å². The van der Waals surface area contributed by atoms with Crippen LogP contribution in [-0.4, -0.2) is 31.5 Å². The van der Waals surface area contributed by atoms with Gasteiger partial charge in [0, 0.05) is 17.2 Å². The molecule has 134 valence electrons. The number of H-pyrrole nitrogens is 1. The molecule has 0 unspecified atom stereocenters. The van der Waals surface area contributed by atoms with Crippen LogP contribution >= 0.6 is 0 Å². The topological polar surface area (TPSA) is 155 Å². The predicted molar refractivity (Wildman–Crippen MR) is 97.7 cm³/mol. The Balaban J connectivity index is 1.93. The van der Waals surface area contributed by atoms with Crippen LogP contribution in [0.25, 0.3) is 11.3 Å². The van der Waals surface area contributed by atoms with Gasteiger partial charge in [-0.1, -0.05) is 30.3 Å². The first-order valence-corrected chi connectivity index (χ1v) is 7.63. The van der Waals surface area contributed by atoms with E-state index in [2.05, 4.69) is 20.5 Å². The third-order valence-electron chi connectivity index (χ3n) is 3.58. The van der Waals surface area contributed by atoms with Crippen LogP contribution in [0.15, 0.2) is 52.4 Å². The summed E-state index contributed by atoms with van der Waals surface area (Å²) in [5, 5.41) is 41.5. The normalized spacial score (nSPS) is 10.6. The van der Waals surface area contributed by atoms with E-state index in [4.69, 9.17) is 0 Å². The summed E-state index contributed by atoms with van der Waals surface area (Å²) < 4.78 is 0. The number of aromatic hydroxyl groups is 3. The molecule has 0 aliphatic carbocycles. The quantitative estimate of drug-likeness (QED) is 0.205. The first-order chi connectivity index (χ1) is 13.0. The zero-order chi connectivity index (χ0) is 19.4. The van der Waals surface area contributed by atoms with Crippen molar-refractivity contribution in [3.05, 3.63) is 63.9 Å². The number of aromatic amines is 1. The Morgan fingerprint density at radius 3 is 2.52 bits per heavy atom. The Kier molecular flexibility index (Phi) is 4.72. The van der Waals surface area contributed by atoms with Crippen molar-refractivity contribution in [3.8, 4) is 34.6 Å². The molecule has 0 amide bonds. The van der Waals surface area contributed by atoms with Crippen molar-refractivity contribution in [3.63, 3.8) is 0 Å². The van der Waals surface area contributed by atoms with Gasteiger partial charge in [0.05, 0.1) is 11.9 Å². The van der Waals surface area contributed by atoms with Gasteiger partial charge < -0.3 is 15.3 Å². The lowest BCUT2D eigenvalue weighted by molar-refractivity contribution is 0.396. The van der Waals surface area contributed by atoms with Gasteiger partial charge in [-0.2, -0.15) is 10.4 Å². The average Bonchev–Trinajstić information content (AvgIpc) is 2.66. The fraction of sp³-hybridized carbons (Fsp3) is 0. The summed E-state index contributed by atoms with van der Waals surface area (Å²) in [6, 6.07) is 12.6. The van der Waals surface area contributed by atoms with Crippen molar-refractivity contribution in [1.82, 2.24) is 9.97 Å². The third kappa shape index (κ3) is 3.69. The van der Waals surface area contributed by atoms with E-state index in [1.807, 2.05) is 6.07 Å². The van der Waals surface area contributed by atoms with Crippen molar-refractivity contribution < 1.29 is 15.3 Å². The van der Waals surface area contributed by atoms with Gasteiger partial charge >= 0.3 is 0 Å². The highest BCUT2D eigenvalue weighted by Crippen LogP contribution is 2.31. The summed E-state index contributed by atoms with van der Waals surface area (Å²) in [5.41, 5.74) is 2.65. The average molecular weight is 363 g/mol. The molecule has 0 saturated carbocycles. The van der Waals surface area contributed by atoms with E-state index >= 15 is 0 Å². The molecule has 0 aliphatic heterocycles. The molecule has 0 spiro atoms. The molecule has 9 heteroatoms. The van der Waals surface area contributed by atoms with Crippen LogP contribution in [0.1, 0.15) is 11.1 Å². The van der Waals surface area contributed by atoms with Gasteiger partial charge in [-0.05, 0) is 6.07 Å². The minimum absolute atomic E-state index is 0.0170. The lowest BCUT2D eigenvalue weighted by Gasteiger charge is -2.06. The van der Waals surface area contributed by atoms with Crippen LogP contribution in [-0.2, 0) is 0 Å². The summed E-state index contributed by atoms with van der Waals surface area (Å²) in [4.78, 5) is 18.7. The minimum Gasteiger partial charge on any atom is -0.507 e. The van der Waals surface area contributed by atoms with E-state index in [1.54, 1.807) is 30.3 Å². The van der Waals surface area contributed by atoms with Gasteiger partial charge in [0.25, 0.3) is 5.56 Å². The Hall–Kier alpha value is -4.32. The van der Waals surface area contributed by atoms with E-state index in [1.165, 1.54) is 0 Å². The van der Waals surface area contributed by atoms with Crippen molar-refractivity contribution in [1.29, 1.82) is 5.26 Å². The van der Waals surface area contributed by atoms with Crippen molar-refractivity contribution in [2.45, 2.75) is 0 Å². The number of phenols is 3. The summed E-state index contributed by atoms with van der Waals surface area (Å²) in [6.07, 6.45) is 1.16. The second kappa shape index (κ2) is 7.28. The Labute approximate surface area is 152 Å². The van der Waals surface area contributed by atoms with Gasteiger partial charge in [0.15, 0.2) is 11.5 Å². The lowest BCUT2D eigenvalue weighted by Crippen LogP contribution is -2.16. The molecular formula is C18H13N5O4. The number of nitrogens with zero attached hydrogens (tertiary/aromatic N) is 3. The van der Waals surface area contributed by atoms with E-state index in [0.717, 1.165) is 18.3 Å². The molecule has 2 aromatic carbocycles. The predicted octanol–water partition coefficient (Wildman–Crippen LogP) is 1.87. The van der Waals surface area contributed by atoms with E-state index in [9.17, 15) is 25.4 Å². The second-order valence-electron chi connectivity index (χ2n) is 5.39.